The van der Waals surface area contributed by atoms with Gasteiger partial charge in [-0.1, -0.05) is 19.3 Å². The smallest absolute Gasteiger partial charge is 0.360 e. The van der Waals surface area contributed by atoms with E-state index in [1.807, 2.05) is 0 Å². The molecule has 1 aromatic rings. The van der Waals surface area contributed by atoms with E-state index in [-0.39, 0.29) is 16.8 Å². The fraction of sp³-hybridized carbons (Fsp3) is 0.500. The number of nitrogens with one attached hydrogen (secondary N) is 2. The molecule has 1 saturated carbocycles. The Labute approximate surface area is 136 Å². The lowest BCUT2D eigenvalue weighted by Gasteiger charge is -2.25. The van der Waals surface area contributed by atoms with Crippen LogP contribution >= 0.6 is 12.2 Å². The third-order valence-electron chi connectivity index (χ3n) is 3.71. The molecule has 1 aromatic carbocycles. The van der Waals surface area contributed by atoms with E-state index in [0.29, 0.717) is 6.07 Å². The number of rotatable bonds is 3. The van der Waals surface area contributed by atoms with Gasteiger partial charge in [-0.25, -0.2) is 0 Å². The lowest BCUT2D eigenvalue weighted by Crippen LogP contribution is -2.39. The first-order chi connectivity index (χ1) is 10.8. The van der Waals surface area contributed by atoms with E-state index in [0.717, 1.165) is 44.2 Å². The third kappa shape index (κ3) is 4.78. The highest BCUT2D eigenvalue weighted by Gasteiger charge is 2.35. The first-order valence-electron chi connectivity index (χ1n) is 7.20. The van der Waals surface area contributed by atoms with Crippen molar-refractivity contribution in [2.24, 2.45) is 0 Å². The molecule has 2 rings (SSSR count). The van der Waals surface area contributed by atoms with Gasteiger partial charge in [-0.3, -0.25) is 10.1 Å². The van der Waals surface area contributed by atoms with Crippen LogP contribution in [-0.4, -0.2) is 16.1 Å². The van der Waals surface area contributed by atoms with Crippen molar-refractivity contribution in [1.29, 1.82) is 0 Å². The van der Waals surface area contributed by atoms with Crippen molar-refractivity contribution in [3.63, 3.8) is 0 Å². The summed E-state index contributed by atoms with van der Waals surface area (Å²) in [7, 11) is 0. The summed E-state index contributed by atoms with van der Waals surface area (Å²) in [6.07, 6.45) is 0.410. The van der Waals surface area contributed by atoms with Gasteiger partial charge in [-0.15, -0.1) is 0 Å². The molecule has 0 aromatic heterocycles. The molecule has 2 N–H and O–H groups in total. The van der Waals surface area contributed by atoms with Crippen molar-refractivity contribution in [2.75, 3.05) is 5.32 Å². The van der Waals surface area contributed by atoms with Crippen LogP contribution in [0.5, 0.6) is 0 Å². The van der Waals surface area contributed by atoms with Crippen LogP contribution in [0, 0.1) is 10.1 Å². The number of halogens is 3. The Kier molecular flexibility index (Phi) is 5.40. The van der Waals surface area contributed by atoms with E-state index in [1.165, 1.54) is 0 Å². The van der Waals surface area contributed by atoms with Gasteiger partial charge in [0.25, 0.3) is 5.69 Å². The van der Waals surface area contributed by atoms with Crippen molar-refractivity contribution in [1.82, 2.24) is 5.32 Å². The average molecular weight is 347 g/mol. The number of thiocarbonyl (C=S) groups is 1. The van der Waals surface area contributed by atoms with Crippen LogP contribution in [0.25, 0.3) is 0 Å². The molecule has 0 radical (unpaired) electrons. The summed E-state index contributed by atoms with van der Waals surface area (Å²) < 4.78 is 39.2. The molecule has 0 atom stereocenters. The molecular formula is C14H16F3N3O2S. The zero-order valence-corrected chi connectivity index (χ0v) is 13.0. The summed E-state index contributed by atoms with van der Waals surface area (Å²) in [4.78, 5) is 9.79. The van der Waals surface area contributed by atoms with Crippen molar-refractivity contribution >= 4 is 28.7 Å². The third-order valence-corrected chi connectivity index (χ3v) is 3.93. The largest absolute Gasteiger partial charge is 0.418 e. The highest BCUT2D eigenvalue weighted by Crippen LogP contribution is 2.37. The second kappa shape index (κ2) is 7.12. The molecule has 9 heteroatoms. The number of non-ortho nitro benzene ring substituents is 1. The summed E-state index contributed by atoms with van der Waals surface area (Å²) >= 11 is 5.06. The minimum Gasteiger partial charge on any atom is -0.360 e. The van der Waals surface area contributed by atoms with Gasteiger partial charge in [0, 0.05) is 18.2 Å². The second-order valence-corrected chi connectivity index (χ2v) is 5.83. The molecule has 126 valence electrons. The fourth-order valence-electron chi connectivity index (χ4n) is 2.58. The van der Waals surface area contributed by atoms with E-state index < -0.39 is 22.4 Å². The highest BCUT2D eigenvalue weighted by molar-refractivity contribution is 7.80. The normalized spacial score (nSPS) is 16.0. The maximum absolute atomic E-state index is 13.1. The zero-order chi connectivity index (χ0) is 17.0. The predicted molar refractivity (Wildman–Crippen MR) is 84.3 cm³/mol. The topological polar surface area (TPSA) is 67.2 Å². The highest BCUT2D eigenvalue weighted by atomic mass is 32.1. The van der Waals surface area contributed by atoms with E-state index in [1.54, 1.807) is 0 Å². The van der Waals surface area contributed by atoms with Gasteiger partial charge in [0.2, 0.25) is 0 Å². The van der Waals surface area contributed by atoms with Crippen LogP contribution < -0.4 is 10.6 Å². The number of hydrogen-bond donors (Lipinski definition) is 2. The second-order valence-electron chi connectivity index (χ2n) is 5.42. The van der Waals surface area contributed by atoms with Crippen LogP contribution in [0.3, 0.4) is 0 Å². The average Bonchev–Trinajstić information content (AvgIpc) is 2.47. The summed E-state index contributed by atoms with van der Waals surface area (Å²) in [5.74, 6) is 0. The Bertz CT molecular complexity index is 601. The number of nitro groups is 1. The van der Waals surface area contributed by atoms with Crippen LogP contribution in [0.4, 0.5) is 24.5 Å². The number of benzene rings is 1. The van der Waals surface area contributed by atoms with Gasteiger partial charge >= 0.3 is 6.18 Å². The van der Waals surface area contributed by atoms with Crippen molar-refractivity contribution < 1.29 is 18.1 Å². The molecule has 1 fully saturated rings. The molecule has 1 aliphatic carbocycles. The minimum absolute atomic E-state index is 0.0938. The van der Waals surface area contributed by atoms with Crippen molar-refractivity contribution in [2.45, 2.75) is 44.3 Å². The SMILES string of the molecule is O=[N+]([O-])c1ccc(NC(=S)NC2CCCCC2)c(C(F)(F)F)c1. The summed E-state index contributed by atoms with van der Waals surface area (Å²) in [6.45, 7) is 0. The Morgan fingerprint density at radius 1 is 1.26 bits per heavy atom. The van der Waals surface area contributed by atoms with Gasteiger partial charge < -0.3 is 10.6 Å². The quantitative estimate of drug-likeness (QED) is 0.486. The molecule has 0 bridgehead atoms. The minimum atomic E-state index is -4.71. The van der Waals surface area contributed by atoms with E-state index in [9.17, 15) is 23.3 Å². The van der Waals surface area contributed by atoms with E-state index in [4.69, 9.17) is 12.2 Å². The lowest BCUT2D eigenvalue weighted by molar-refractivity contribution is -0.385. The van der Waals surface area contributed by atoms with Crippen LogP contribution in [0.15, 0.2) is 18.2 Å². The molecule has 0 saturated heterocycles. The van der Waals surface area contributed by atoms with Crippen LogP contribution in [0.1, 0.15) is 37.7 Å². The summed E-state index contributed by atoms with van der Waals surface area (Å²) in [6, 6.07) is 2.69. The monoisotopic (exact) mass is 347 g/mol. The number of nitrogens with zero attached hydrogens (tertiary/aromatic N) is 1. The van der Waals surface area contributed by atoms with Crippen molar-refractivity contribution in [3.05, 3.63) is 33.9 Å². The Morgan fingerprint density at radius 3 is 2.48 bits per heavy atom. The van der Waals surface area contributed by atoms with Crippen LogP contribution in [-0.2, 0) is 6.18 Å². The molecule has 23 heavy (non-hydrogen) atoms. The Balaban J connectivity index is 2.14. The Morgan fingerprint density at radius 2 is 1.91 bits per heavy atom. The maximum atomic E-state index is 13.1. The number of anilines is 1. The van der Waals surface area contributed by atoms with Gasteiger partial charge in [0.05, 0.1) is 16.2 Å². The number of alkyl halides is 3. The maximum Gasteiger partial charge on any atom is 0.418 e. The number of hydrogen-bond acceptors (Lipinski definition) is 3. The fourth-order valence-corrected chi connectivity index (χ4v) is 2.86. The standard InChI is InChI=1S/C14H16F3N3O2S/c15-14(16,17)11-8-10(20(21)22)6-7-12(11)19-13(23)18-9-4-2-1-3-5-9/h6-9H,1-5H2,(H2,18,19,23). The molecule has 0 heterocycles. The molecule has 1 aliphatic rings. The molecule has 5 nitrogen and oxygen atoms in total. The molecule has 0 aliphatic heterocycles. The van der Waals surface area contributed by atoms with E-state index in [2.05, 4.69) is 10.6 Å². The molecule has 0 unspecified atom stereocenters. The lowest BCUT2D eigenvalue weighted by atomic mass is 9.96. The molecule has 0 amide bonds. The number of nitro benzene ring substituents is 1. The first-order valence-corrected chi connectivity index (χ1v) is 7.61. The van der Waals surface area contributed by atoms with Gasteiger partial charge in [-0.2, -0.15) is 13.2 Å². The van der Waals surface area contributed by atoms with Crippen LogP contribution in [0.2, 0.25) is 0 Å². The van der Waals surface area contributed by atoms with E-state index >= 15 is 0 Å². The first kappa shape index (κ1) is 17.5. The predicted octanol–water partition coefficient (Wildman–Crippen LogP) is 4.23. The van der Waals surface area contributed by atoms with Gasteiger partial charge in [0.1, 0.15) is 0 Å². The molecule has 0 spiro atoms. The molecular weight excluding hydrogens is 331 g/mol. The zero-order valence-electron chi connectivity index (χ0n) is 12.2. The van der Waals surface area contributed by atoms with Crippen molar-refractivity contribution in [3.8, 4) is 0 Å². The summed E-state index contributed by atoms with van der Waals surface area (Å²) in [5.41, 5.74) is -2.02. The van der Waals surface area contributed by atoms with Gasteiger partial charge in [0.15, 0.2) is 5.11 Å². The van der Waals surface area contributed by atoms with Gasteiger partial charge in [-0.05, 0) is 31.1 Å². The Hall–Kier alpha value is -1.90. The summed E-state index contributed by atoms with van der Waals surface area (Å²) in [5, 5.41) is 16.3.